The van der Waals surface area contributed by atoms with Gasteiger partial charge in [0.05, 0.1) is 17.3 Å². The molecule has 156 valence electrons. The van der Waals surface area contributed by atoms with Gasteiger partial charge in [0.2, 0.25) is 5.82 Å². The standard InChI is InChI=1S/C22H19N5O4/c28-20(30-13-19-25-21(26-31-19)14-4-3-11-23-12-14)10-9-18-24-17-6-2-1-5-16(17)22(29)27(18)15-7-8-15/h1-6,11-12,15H,7-10,13H2. The Kier molecular flexibility index (Phi) is 4.99. The molecular weight excluding hydrogens is 398 g/mol. The van der Waals surface area contributed by atoms with Crippen LogP contribution in [0, 0.1) is 0 Å². The molecule has 0 unspecified atom stereocenters. The summed E-state index contributed by atoms with van der Waals surface area (Å²) in [5, 5.41) is 4.47. The largest absolute Gasteiger partial charge is 0.456 e. The lowest BCUT2D eigenvalue weighted by molar-refractivity contribution is -0.145. The van der Waals surface area contributed by atoms with E-state index in [1.807, 2.05) is 24.3 Å². The molecule has 1 saturated carbocycles. The van der Waals surface area contributed by atoms with Gasteiger partial charge in [-0.05, 0) is 37.1 Å². The van der Waals surface area contributed by atoms with Gasteiger partial charge >= 0.3 is 5.97 Å². The first-order valence-corrected chi connectivity index (χ1v) is 10.1. The third-order valence-corrected chi connectivity index (χ3v) is 5.09. The lowest BCUT2D eigenvalue weighted by Gasteiger charge is -2.12. The van der Waals surface area contributed by atoms with Crippen molar-refractivity contribution in [3.63, 3.8) is 0 Å². The summed E-state index contributed by atoms with van der Waals surface area (Å²) in [6.45, 7) is -0.118. The lowest BCUT2D eigenvalue weighted by Crippen LogP contribution is -2.25. The molecule has 4 aromatic rings. The van der Waals surface area contributed by atoms with E-state index in [1.54, 1.807) is 29.1 Å². The average Bonchev–Trinajstić information content (AvgIpc) is 3.52. The first-order valence-electron chi connectivity index (χ1n) is 10.1. The van der Waals surface area contributed by atoms with Crippen molar-refractivity contribution < 1.29 is 14.1 Å². The Morgan fingerprint density at radius 2 is 2.03 bits per heavy atom. The number of nitrogens with zero attached hydrogens (tertiary/aromatic N) is 5. The summed E-state index contributed by atoms with van der Waals surface area (Å²) in [6.07, 6.45) is 5.60. The summed E-state index contributed by atoms with van der Waals surface area (Å²) < 4.78 is 12.1. The quantitative estimate of drug-likeness (QED) is 0.422. The molecule has 0 bridgehead atoms. The van der Waals surface area contributed by atoms with E-state index in [-0.39, 0.29) is 30.5 Å². The van der Waals surface area contributed by atoms with E-state index in [1.165, 1.54) is 0 Å². The third kappa shape index (κ3) is 4.07. The summed E-state index contributed by atoms with van der Waals surface area (Å²) in [4.78, 5) is 38.0. The number of fused-ring (bicyclic) bond motifs is 1. The molecule has 9 heteroatoms. The summed E-state index contributed by atoms with van der Waals surface area (Å²) in [5.41, 5.74) is 1.30. The molecule has 0 radical (unpaired) electrons. The number of hydrogen-bond acceptors (Lipinski definition) is 8. The normalized spacial score (nSPS) is 13.4. The molecule has 0 amide bonds. The van der Waals surface area contributed by atoms with Crippen LogP contribution < -0.4 is 5.56 Å². The molecule has 5 rings (SSSR count). The minimum absolute atomic E-state index is 0.0507. The Morgan fingerprint density at radius 3 is 2.84 bits per heavy atom. The fraction of sp³-hybridized carbons (Fsp3) is 0.273. The predicted molar refractivity (Wildman–Crippen MR) is 110 cm³/mol. The topological polar surface area (TPSA) is 113 Å². The molecule has 0 N–H and O–H groups in total. The van der Waals surface area contributed by atoms with Gasteiger partial charge in [-0.3, -0.25) is 19.1 Å². The summed E-state index contributed by atoms with van der Waals surface area (Å²) in [6, 6.07) is 11.0. The molecular formula is C22H19N5O4. The van der Waals surface area contributed by atoms with Gasteiger partial charge in [0, 0.05) is 30.4 Å². The van der Waals surface area contributed by atoms with Crippen LogP contribution in [-0.4, -0.2) is 30.6 Å². The lowest BCUT2D eigenvalue weighted by atomic mass is 10.2. The number of hydrogen-bond donors (Lipinski definition) is 0. The van der Waals surface area contributed by atoms with Gasteiger partial charge in [-0.15, -0.1) is 0 Å². The van der Waals surface area contributed by atoms with Crippen LogP contribution in [0.1, 0.15) is 37.0 Å². The maximum atomic E-state index is 12.9. The van der Waals surface area contributed by atoms with Crippen molar-refractivity contribution in [1.82, 2.24) is 24.7 Å². The Hall–Kier alpha value is -3.88. The SMILES string of the molecule is O=C(CCc1nc2ccccc2c(=O)n1C1CC1)OCc1nc(-c2cccnc2)no1. The van der Waals surface area contributed by atoms with E-state index in [0.29, 0.717) is 34.5 Å². The molecule has 0 saturated heterocycles. The van der Waals surface area contributed by atoms with Crippen LogP contribution in [0.15, 0.2) is 58.1 Å². The second kappa shape index (κ2) is 8.10. The molecule has 0 spiro atoms. The molecule has 3 heterocycles. The van der Waals surface area contributed by atoms with Gasteiger partial charge in [-0.1, -0.05) is 17.3 Å². The molecule has 1 fully saturated rings. The number of ether oxygens (including phenoxy) is 1. The summed E-state index contributed by atoms with van der Waals surface area (Å²) in [7, 11) is 0. The highest BCUT2D eigenvalue weighted by Gasteiger charge is 2.28. The zero-order valence-corrected chi connectivity index (χ0v) is 16.6. The minimum Gasteiger partial charge on any atom is -0.456 e. The molecule has 0 aliphatic heterocycles. The predicted octanol–water partition coefficient (Wildman–Crippen LogP) is 2.85. The van der Waals surface area contributed by atoms with Crippen molar-refractivity contribution in [1.29, 1.82) is 0 Å². The zero-order valence-electron chi connectivity index (χ0n) is 16.6. The van der Waals surface area contributed by atoms with Gasteiger partial charge in [0.25, 0.3) is 11.4 Å². The number of carbonyl (C=O) groups excluding carboxylic acids is 1. The van der Waals surface area contributed by atoms with Crippen molar-refractivity contribution >= 4 is 16.9 Å². The number of rotatable bonds is 7. The van der Waals surface area contributed by atoms with Crippen LogP contribution in [0.2, 0.25) is 0 Å². The number of benzene rings is 1. The molecule has 3 aromatic heterocycles. The van der Waals surface area contributed by atoms with Crippen LogP contribution in [0.5, 0.6) is 0 Å². The van der Waals surface area contributed by atoms with Crippen molar-refractivity contribution in [3.05, 3.63) is 70.9 Å². The van der Waals surface area contributed by atoms with Gasteiger partial charge < -0.3 is 9.26 Å². The third-order valence-electron chi connectivity index (χ3n) is 5.09. The first-order chi connectivity index (χ1) is 15.2. The van der Waals surface area contributed by atoms with E-state index < -0.39 is 5.97 Å². The van der Waals surface area contributed by atoms with Crippen LogP contribution in [0.3, 0.4) is 0 Å². The molecule has 9 nitrogen and oxygen atoms in total. The van der Waals surface area contributed by atoms with E-state index in [4.69, 9.17) is 9.26 Å². The van der Waals surface area contributed by atoms with Gasteiger partial charge in [-0.25, -0.2) is 4.98 Å². The molecule has 1 aliphatic rings. The Bertz CT molecular complexity index is 1290. The Balaban J connectivity index is 1.24. The second-order valence-electron chi connectivity index (χ2n) is 7.37. The Morgan fingerprint density at radius 1 is 1.16 bits per heavy atom. The molecule has 1 aliphatic carbocycles. The monoisotopic (exact) mass is 417 g/mol. The van der Waals surface area contributed by atoms with Gasteiger partial charge in [0.1, 0.15) is 5.82 Å². The number of carbonyl (C=O) groups is 1. The van der Waals surface area contributed by atoms with Crippen molar-refractivity contribution in [2.24, 2.45) is 0 Å². The number of aromatic nitrogens is 5. The van der Waals surface area contributed by atoms with Crippen LogP contribution in [0.4, 0.5) is 0 Å². The number of esters is 1. The highest BCUT2D eigenvalue weighted by Crippen LogP contribution is 2.34. The first kappa shape index (κ1) is 19.1. The smallest absolute Gasteiger partial charge is 0.306 e. The summed E-state index contributed by atoms with van der Waals surface area (Å²) >= 11 is 0. The average molecular weight is 417 g/mol. The molecule has 31 heavy (non-hydrogen) atoms. The highest BCUT2D eigenvalue weighted by atomic mass is 16.6. The maximum absolute atomic E-state index is 12.9. The van der Waals surface area contributed by atoms with E-state index in [2.05, 4.69) is 20.1 Å². The summed E-state index contributed by atoms with van der Waals surface area (Å²) in [5.74, 6) is 0.768. The molecule has 0 atom stereocenters. The van der Waals surface area contributed by atoms with E-state index in [9.17, 15) is 9.59 Å². The maximum Gasteiger partial charge on any atom is 0.306 e. The number of aryl methyl sites for hydroxylation is 1. The second-order valence-corrected chi connectivity index (χ2v) is 7.37. The van der Waals surface area contributed by atoms with Crippen molar-refractivity contribution in [3.8, 4) is 11.4 Å². The fourth-order valence-electron chi connectivity index (χ4n) is 3.43. The Labute approximate surface area is 176 Å². The fourth-order valence-corrected chi connectivity index (χ4v) is 3.43. The van der Waals surface area contributed by atoms with Crippen LogP contribution in [-0.2, 0) is 22.6 Å². The van der Waals surface area contributed by atoms with Crippen LogP contribution in [0.25, 0.3) is 22.3 Å². The number of para-hydroxylation sites is 1. The highest BCUT2D eigenvalue weighted by molar-refractivity contribution is 5.77. The van der Waals surface area contributed by atoms with Crippen molar-refractivity contribution in [2.45, 2.75) is 38.3 Å². The number of pyridine rings is 1. The van der Waals surface area contributed by atoms with E-state index >= 15 is 0 Å². The van der Waals surface area contributed by atoms with Crippen LogP contribution >= 0.6 is 0 Å². The molecule has 1 aromatic carbocycles. The van der Waals surface area contributed by atoms with Crippen molar-refractivity contribution in [2.75, 3.05) is 0 Å². The van der Waals surface area contributed by atoms with E-state index in [0.717, 1.165) is 12.8 Å². The zero-order chi connectivity index (χ0) is 21.2. The van der Waals surface area contributed by atoms with Gasteiger partial charge in [0.15, 0.2) is 6.61 Å². The minimum atomic E-state index is -0.425. The van der Waals surface area contributed by atoms with Gasteiger partial charge in [-0.2, -0.15) is 4.98 Å².